The monoisotopic (exact) mass is 283 g/mol. The first-order valence-corrected chi connectivity index (χ1v) is 7.21. The van der Waals surface area contributed by atoms with E-state index in [-0.39, 0.29) is 24.4 Å². The Bertz CT molecular complexity index is 549. The van der Waals surface area contributed by atoms with Crippen molar-refractivity contribution in [1.29, 1.82) is 0 Å². The van der Waals surface area contributed by atoms with Crippen molar-refractivity contribution < 1.29 is 18.3 Å². The Morgan fingerprint density at radius 2 is 1.95 bits per heavy atom. The fourth-order valence-corrected chi connectivity index (χ4v) is 2.94. The van der Waals surface area contributed by atoms with Crippen molar-refractivity contribution in [3.63, 3.8) is 0 Å². The second kappa shape index (κ2) is 6.49. The summed E-state index contributed by atoms with van der Waals surface area (Å²) in [5.74, 6) is -1.03. The Morgan fingerprint density at radius 1 is 1.37 bits per heavy atom. The fourth-order valence-electron chi connectivity index (χ4n) is 1.53. The average molecular weight is 283 g/mol. The van der Waals surface area contributed by atoms with Crippen LogP contribution in [0.25, 0.3) is 0 Å². The summed E-state index contributed by atoms with van der Waals surface area (Å²) in [6.07, 6.45) is 1.20. The minimum absolute atomic E-state index is 0.0719. The Labute approximate surface area is 113 Å². The van der Waals surface area contributed by atoms with Crippen molar-refractivity contribution in [3.8, 4) is 0 Å². The SMILES string of the molecule is C=CCN(CCC(=O)O)S(=O)(=O)c1ccc(C)cc1. The zero-order valence-corrected chi connectivity index (χ0v) is 11.6. The predicted octanol–water partition coefficient (Wildman–Crippen LogP) is 1.65. The minimum Gasteiger partial charge on any atom is -0.481 e. The second-order valence-corrected chi connectivity index (χ2v) is 6.05. The van der Waals surface area contributed by atoms with Gasteiger partial charge in [-0.1, -0.05) is 23.8 Å². The topological polar surface area (TPSA) is 74.7 Å². The summed E-state index contributed by atoms with van der Waals surface area (Å²) in [7, 11) is -3.68. The third-order valence-corrected chi connectivity index (χ3v) is 4.45. The lowest BCUT2D eigenvalue weighted by atomic mass is 10.2. The zero-order valence-electron chi connectivity index (χ0n) is 10.7. The van der Waals surface area contributed by atoms with Crippen LogP contribution in [-0.4, -0.2) is 36.9 Å². The number of aliphatic carboxylic acids is 1. The summed E-state index contributed by atoms with van der Waals surface area (Å²) >= 11 is 0. The molecule has 0 saturated heterocycles. The number of aryl methyl sites for hydroxylation is 1. The van der Waals surface area contributed by atoms with Gasteiger partial charge in [-0.3, -0.25) is 4.79 Å². The Balaban J connectivity index is 3.01. The summed E-state index contributed by atoms with van der Waals surface area (Å²) < 4.78 is 25.8. The van der Waals surface area contributed by atoms with Gasteiger partial charge in [0.25, 0.3) is 0 Å². The first-order chi connectivity index (χ1) is 8.87. The van der Waals surface area contributed by atoms with Crippen molar-refractivity contribution in [3.05, 3.63) is 42.5 Å². The van der Waals surface area contributed by atoms with Crippen molar-refractivity contribution >= 4 is 16.0 Å². The second-order valence-electron chi connectivity index (χ2n) is 4.11. The van der Waals surface area contributed by atoms with Crippen LogP contribution in [0.5, 0.6) is 0 Å². The molecule has 19 heavy (non-hydrogen) atoms. The largest absolute Gasteiger partial charge is 0.481 e. The maximum Gasteiger partial charge on any atom is 0.304 e. The molecule has 1 N–H and O–H groups in total. The van der Waals surface area contributed by atoms with Crippen LogP contribution in [-0.2, 0) is 14.8 Å². The molecule has 1 rings (SSSR count). The van der Waals surface area contributed by atoms with E-state index < -0.39 is 16.0 Å². The van der Waals surface area contributed by atoms with Crippen molar-refractivity contribution in [1.82, 2.24) is 4.31 Å². The number of carbonyl (C=O) groups is 1. The number of carboxylic acids is 1. The summed E-state index contributed by atoms with van der Waals surface area (Å²) in [5.41, 5.74) is 0.958. The van der Waals surface area contributed by atoms with Crippen LogP contribution in [0.1, 0.15) is 12.0 Å². The lowest BCUT2D eigenvalue weighted by Gasteiger charge is -2.19. The van der Waals surface area contributed by atoms with Gasteiger partial charge in [-0.25, -0.2) is 8.42 Å². The summed E-state index contributed by atoms with van der Waals surface area (Å²) in [4.78, 5) is 10.7. The molecule has 104 valence electrons. The van der Waals surface area contributed by atoms with E-state index in [2.05, 4.69) is 6.58 Å². The van der Waals surface area contributed by atoms with E-state index in [9.17, 15) is 13.2 Å². The number of hydrogen-bond donors (Lipinski definition) is 1. The van der Waals surface area contributed by atoms with Gasteiger partial charge in [-0.15, -0.1) is 6.58 Å². The highest BCUT2D eigenvalue weighted by molar-refractivity contribution is 7.89. The Morgan fingerprint density at radius 3 is 2.42 bits per heavy atom. The predicted molar refractivity (Wildman–Crippen MR) is 72.4 cm³/mol. The standard InChI is InChI=1S/C13H17NO4S/c1-3-9-14(10-8-13(15)16)19(17,18)12-6-4-11(2)5-7-12/h3-7H,1,8-10H2,2H3,(H,15,16). The Hall–Kier alpha value is -1.66. The molecular weight excluding hydrogens is 266 g/mol. The van der Waals surface area contributed by atoms with Gasteiger partial charge < -0.3 is 5.11 Å². The zero-order chi connectivity index (χ0) is 14.5. The number of nitrogens with zero attached hydrogens (tertiary/aromatic N) is 1. The van der Waals surface area contributed by atoms with Crippen molar-refractivity contribution in [2.75, 3.05) is 13.1 Å². The van der Waals surface area contributed by atoms with Crippen LogP contribution in [0.4, 0.5) is 0 Å². The summed E-state index contributed by atoms with van der Waals surface area (Å²) in [6.45, 7) is 5.37. The first kappa shape index (κ1) is 15.4. The van der Waals surface area contributed by atoms with Gasteiger partial charge in [0.1, 0.15) is 0 Å². The van der Waals surface area contributed by atoms with Crippen LogP contribution in [0.15, 0.2) is 41.8 Å². The highest BCUT2D eigenvalue weighted by Gasteiger charge is 2.23. The highest BCUT2D eigenvalue weighted by atomic mass is 32.2. The molecule has 1 aromatic carbocycles. The molecule has 0 fully saturated rings. The molecule has 0 bridgehead atoms. The van der Waals surface area contributed by atoms with Gasteiger partial charge in [0.05, 0.1) is 11.3 Å². The Kier molecular flexibility index (Phi) is 5.26. The number of carboxylic acid groups (broad SMARTS) is 1. The van der Waals surface area contributed by atoms with Gasteiger partial charge in [0.15, 0.2) is 0 Å². The number of sulfonamides is 1. The molecule has 0 radical (unpaired) electrons. The van der Waals surface area contributed by atoms with Gasteiger partial charge in [-0.2, -0.15) is 4.31 Å². The molecule has 0 amide bonds. The molecule has 0 spiro atoms. The molecule has 5 nitrogen and oxygen atoms in total. The molecule has 0 aliphatic rings. The molecule has 0 saturated carbocycles. The van der Waals surface area contributed by atoms with Crippen LogP contribution in [0, 0.1) is 6.92 Å². The van der Waals surface area contributed by atoms with Crippen molar-refractivity contribution in [2.45, 2.75) is 18.2 Å². The van der Waals surface area contributed by atoms with Crippen LogP contribution < -0.4 is 0 Å². The normalized spacial score (nSPS) is 11.5. The van der Waals surface area contributed by atoms with Gasteiger partial charge in [0.2, 0.25) is 10.0 Å². The average Bonchev–Trinajstić information content (AvgIpc) is 2.34. The van der Waals surface area contributed by atoms with E-state index in [1.807, 2.05) is 6.92 Å². The van der Waals surface area contributed by atoms with E-state index in [4.69, 9.17) is 5.11 Å². The van der Waals surface area contributed by atoms with Gasteiger partial charge >= 0.3 is 5.97 Å². The molecule has 0 unspecified atom stereocenters. The third-order valence-electron chi connectivity index (χ3n) is 2.57. The van der Waals surface area contributed by atoms with Crippen LogP contribution in [0.3, 0.4) is 0 Å². The molecule has 0 heterocycles. The van der Waals surface area contributed by atoms with Crippen LogP contribution >= 0.6 is 0 Å². The van der Waals surface area contributed by atoms with Gasteiger partial charge in [0, 0.05) is 13.1 Å². The molecular formula is C13H17NO4S. The molecule has 0 aromatic heterocycles. The van der Waals surface area contributed by atoms with E-state index in [0.29, 0.717) is 0 Å². The lowest BCUT2D eigenvalue weighted by molar-refractivity contribution is -0.137. The maximum absolute atomic E-state index is 12.3. The smallest absolute Gasteiger partial charge is 0.304 e. The van der Waals surface area contributed by atoms with E-state index in [1.165, 1.54) is 18.2 Å². The number of hydrogen-bond acceptors (Lipinski definition) is 3. The third kappa shape index (κ3) is 4.18. The summed E-state index contributed by atoms with van der Waals surface area (Å²) in [6, 6.07) is 6.44. The van der Waals surface area contributed by atoms with Crippen LogP contribution in [0.2, 0.25) is 0 Å². The van der Waals surface area contributed by atoms with E-state index in [0.717, 1.165) is 9.87 Å². The molecule has 0 aliphatic carbocycles. The lowest BCUT2D eigenvalue weighted by Crippen LogP contribution is -2.33. The fraction of sp³-hybridized carbons (Fsp3) is 0.308. The highest BCUT2D eigenvalue weighted by Crippen LogP contribution is 2.16. The quantitative estimate of drug-likeness (QED) is 0.772. The van der Waals surface area contributed by atoms with E-state index in [1.54, 1.807) is 12.1 Å². The van der Waals surface area contributed by atoms with E-state index >= 15 is 0 Å². The number of rotatable bonds is 7. The first-order valence-electron chi connectivity index (χ1n) is 5.77. The molecule has 1 aromatic rings. The van der Waals surface area contributed by atoms with Gasteiger partial charge in [-0.05, 0) is 19.1 Å². The number of benzene rings is 1. The summed E-state index contributed by atoms with van der Waals surface area (Å²) in [5, 5.41) is 8.66. The maximum atomic E-state index is 12.3. The van der Waals surface area contributed by atoms with Crippen molar-refractivity contribution in [2.24, 2.45) is 0 Å². The molecule has 0 atom stereocenters. The molecule has 0 aliphatic heterocycles. The minimum atomic E-state index is -3.68. The molecule has 6 heteroatoms.